The lowest BCUT2D eigenvalue weighted by Gasteiger charge is -2.37. The molecule has 1 aromatic rings. The van der Waals surface area contributed by atoms with Gasteiger partial charge in [0.1, 0.15) is 0 Å². The first kappa shape index (κ1) is 12.9. The fourth-order valence-corrected chi connectivity index (χ4v) is 2.52. The number of aryl methyl sites for hydroxylation is 1. The van der Waals surface area contributed by atoms with Gasteiger partial charge in [-0.1, -0.05) is 18.2 Å². The molecule has 2 rings (SSSR count). The van der Waals surface area contributed by atoms with Crippen LogP contribution in [0.5, 0.6) is 0 Å². The first-order valence-electron chi connectivity index (χ1n) is 6.49. The molecule has 2 atom stereocenters. The van der Waals surface area contributed by atoms with Crippen molar-refractivity contribution in [3.05, 3.63) is 29.8 Å². The normalized spacial score (nSPS) is 20.3. The second-order valence-electron chi connectivity index (χ2n) is 5.01. The standard InChI is InChI=1S/C14H21N3O/c1-10-6-7-11-4-2-3-5-13(11)17(10)9-8-12(15)14(16)18/h2-5,10,12H,6-9,15H2,1H3,(H2,16,18). The zero-order valence-electron chi connectivity index (χ0n) is 10.8. The van der Waals surface area contributed by atoms with Gasteiger partial charge in [-0.25, -0.2) is 0 Å². The number of primary amides is 1. The summed E-state index contributed by atoms with van der Waals surface area (Å²) < 4.78 is 0. The molecule has 4 heteroatoms. The van der Waals surface area contributed by atoms with Crippen LogP contribution in [0.2, 0.25) is 0 Å². The smallest absolute Gasteiger partial charge is 0.234 e. The first-order chi connectivity index (χ1) is 8.59. The molecule has 0 saturated carbocycles. The molecular weight excluding hydrogens is 226 g/mol. The van der Waals surface area contributed by atoms with Crippen molar-refractivity contribution in [3.8, 4) is 0 Å². The maximum absolute atomic E-state index is 11.0. The summed E-state index contributed by atoms with van der Waals surface area (Å²) in [6, 6.07) is 8.37. The molecule has 0 bridgehead atoms. The Hall–Kier alpha value is -1.55. The molecule has 1 aliphatic rings. The molecule has 1 aliphatic heterocycles. The van der Waals surface area contributed by atoms with Crippen LogP contribution in [0.4, 0.5) is 5.69 Å². The van der Waals surface area contributed by atoms with E-state index in [4.69, 9.17) is 11.5 Å². The Bertz CT molecular complexity index is 433. The number of benzene rings is 1. The Labute approximate surface area is 108 Å². The lowest BCUT2D eigenvalue weighted by Crippen LogP contribution is -2.43. The van der Waals surface area contributed by atoms with E-state index in [1.807, 2.05) is 0 Å². The molecule has 0 aliphatic carbocycles. The van der Waals surface area contributed by atoms with Crippen LogP contribution < -0.4 is 16.4 Å². The zero-order valence-corrected chi connectivity index (χ0v) is 10.8. The lowest BCUT2D eigenvalue weighted by molar-refractivity contribution is -0.119. The van der Waals surface area contributed by atoms with E-state index < -0.39 is 11.9 Å². The summed E-state index contributed by atoms with van der Waals surface area (Å²) in [5, 5.41) is 0. The maximum Gasteiger partial charge on any atom is 0.234 e. The number of para-hydroxylation sites is 1. The summed E-state index contributed by atoms with van der Waals surface area (Å²) in [6.45, 7) is 2.99. The van der Waals surface area contributed by atoms with E-state index in [0.717, 1.165) is 19.4 Å². The highest BCUT2D eigenvalue weighted by atomic mass is 16.1. The molecular formula is C14H21N3O. The van der Waals surface area contributed by atoms with Gasteiger partial charge in [-0.3, -0.25) is 4.79 Å². The molecule has 18 heavy (non-hydrogen) atoms. The fourth-order valence-electron chi connectivity index (χ4n) is 2.52. The number of carbonyl (C=O) groups is 1. The number of amides is 1. The minimum absolute atomic E-state index is 0.423. The number of hydrogen-bond donors (Lipinski definition) is 2. The summed E-state index contributed by atoms with van der Waals surface area (Å²) in [5.41, 5.74) is 13.5. The topological polar surface area (TPSA) is 72.3 Å². The minimum Gasteiger partial charge on any atom is -0.369 e. The highest BCUT2D eigenvalue weighted by Gasteiger charge is 2.23. The van der Waals surface area contributed by atoms with E-state index in [0.29, 0.717) is 12.5 Å². The number of hydrogen-bond acceptors (Lipinski definition) is 3. The Morgan fingerprint density at radius 1 is 1.50 bits per heavy atom. The van der Waals surface area contributed by atoms with Gasteiger partial charge >= 0.3 is 0 Å². The van der Waals surface area contributed by atoms with Gasteiger partial charge in [0.2, 0.25) is 5.91 Å². The van der Waals surface area contributed by atoms with Crippen molar-refractivity contribution in [2.75, 3.05) is 11.4 Å². The van der Waals surface area contributed by atoms with Gasteiger partial charge in [0.25, 0.3) is 0 Å². The molecule has 1 amide bonds. The number of fused-ring (bicyclic) bond motifs is 1. The average Bonchev–Trinajstić information content (AvgIpc) is 2.37. The minimum atomic E-state index is -0.550. The molecule has 0 aromatic heterocycles. The van der Waals surface area contributed by atoms with Crippen LogP contribution in [0.1, 0.15) is 25.3 Å². The van der Waals surface area contributed by atoms with E-state index in [1.165, 1.54) is 11.3 Å². The molecule has 0 saturated heterocycles. The van der Waals surface area contributed by atoms with Crippen molar-refractivity contribution in [1.29, 1.82) is 0 Å². The quantitative estimate of drug-likeness (QED) is 0.834. The van der Waals surface area contributed by atoms with Gasteiger partial charge in [-0.15, -0.1) is 0 Å². The van der Waals surface area contributed by atoms with Gasteiger partial charge in [0.15, 0.2) is 0 Å². The lowest BCUT2D eigenvalue weighted by atomic mass is 9.96. The van der Waals surface area contributed by atoms with E-state index in [-0.39, 0.29) is 0 Å². The van der Waals surface area contributed by atoms with Crippen molar-refractivity contribution >= 4 is 11.6 Å². The predicted molar refractivity (Wildman–Crippen MR) is 73.4 cm³/mol. The van der Waals surface area contributed by atoms with Gasteiger partial charge in [-0.2, -0.15) is 0 Å². The molecule has 0 fully saturated rings. The maximum atomic E-state index is 11.0. The fraction of sp³-hybridized carbons (Fsp3) is 0.500. The van der Waals surface area contributed by atoms with Crippen molar-refractivity contribution in [2.45, 2.75) is 38.3 Å². The van der Waals surface area contributed by atoms with Crippen molar-refractivity contribution in [3.63, 3.8) is 0 Å². The second-order valence-corrected chi connectivity index (χ2v) is 5.01. The van der Waals surface area contributed by atoms with E-state index in [9.17, 15) is 4.79 Å². The number of anilines is 1. The summed E-state index contributed by atoms with van der Waals surface area (Å²) >= 11 is 0. The van der Waals surface area contributed by atoms with E-state index in [2.05, 4.69) is 36.1 Å². The van der Waals surface area contributed by atoms with Gasteiger partial charge in [0.05, 0.1) is 6.04 Å². The Balaban J connectivity index is 2.09. The molecule has 2 unspecified atom stereocenters. The largest absolute Gasteiger partial charge is 0.369 e. The first-order valence-corrected chi connectivity index (χ1v) is 6.49. The van der Waals surface area contributed by atoms with Crippen LogP contribution in [0, 0.1) is 0 Å². The molecule has 98 valence electrons. The molecule has 4 N–H and O–H groups in total. The van der Waals surface area contributed by atoms with Crippen molar-refractivity contribution in [1.82, 2.24) is 0 Å². The van der Waals surface area contributed by atoms with Crippen molar-refractivity contribution in [2.24, 2.45) is 11.5 Å². The monoisotopic (exact) mass is 247 g/mol. The van der Waals surface area contributed by atoms with Gasteiger partial charge < -0.3 is 16.4 Å². The molecule has 1 aromatic carbocycles. The van der Waals surface area contributed by atoms with Crippen LogP contribution in [0.15, 0.2) is 24.3 Å². The predicted octanol–water partition coefficient (Wildman–Crippen LogP) is 1.03. The molecule has 0 spiro atoms. The van der Waals surface area contributed by atoms with Crippen LogP contribution in [0.25, 0.3) is 0 Å². The summed E-state index contributed by atoms with van der Waals surface area (Å²) in [7, 11) is 0. The third-order valence-electron chi connectivity index (χ3n) is 3.71. The summed E-state index contributed by atoms with van der Waals surface area (Å²) in [5.74, 6) is -0.423. The van der Waals surface area contributed by atoms with Crippen molar-refractivity contribution < 1.29 is 4.79 Å². The molecule has 4 nitrogen and oxygen atoms in total. The van der Waals surface area contributed by atoms with Crippen LogP contribution in [-0.2, 0) is 11.2 Å². The van der Waals surface area contributed by atoms with Crippen LogP contribution in [0.3, 0.4) is 0 Å². The third kappa shape index (κ3) is 2.64. The van der Waals surface area contributed by atoms with Gasteiger partial charge in [0, 0.05) is 18.3 Å². The number of nitrogens with two attached hydrogens (primary N) is 2. The number of nitrogens with zero attached hydrogens (tertiary/aromatic N) is 1. The number of rotatable bonds is 4. The van der Waals surface area contributed by atoms with Gasteiger partial charge in [-0.05, 0) is 37.8 Å². The zero-order chi connectivity index (χ0) is 13.1. The Kier molecular flexibility index (Phi) is 3.87. The molecule has 0 radical (unpaired) electrons. The van der Waals surface area contributed by atoms with Crippen LogP contribution in [-0.4, -0.2) is 24.5 Å². The summed E-state index contributed by atoms with van der Waals surface area (Å²) in [4.78, 5) is 13.3. The SMILES string of the molecule is CC1CCc2ccccc2N1CCC(N)C(N)=O. The third-order valence-corrected chi connectivity index (χ3v) is 3.71. The highest BCUT2D eigenvalue weighted by Crippen LogP contribution is 2.30. The Morgan fingerprint density at radius 2 is 2.22 bits per heavy atom. The summed E-state index contributed by atoms with van der Waals surface area (Å²) in [6.07, 6.45) is 2.87. The van der Waals surface area contributed by atoms with Crippen LogP contribution >= 0.6 is 0 Å². The average molecular weight is 247 g/mol. The number of carbonyl (C=O) groups excluding carboxylic acids is 1. The molecule has 1 heterocycles. The Morgan fingerprint density at radius 3 is 2.94 bits per heavy atom. The van der Waals surface area contributed by atoms with E-state index >= 15 is 0 Å². The second kappa shape index (κ2) is 5.40. The highest BCUT2D eigenvalue weighted by molar-refractivity contribution is 5.79. The van der Waals surface area contributed by atoms with E-state index in [1.54, 1.807) is 0 Å².